The van der Waals surface area contributed by atoms with E-state index in [1.165, 1.54) is 0 Å². The maximum atomic E-state index is 10.2. The van der Waals surface area contributed by atoms with Crippen LogP contribution in [0.1, 0.15) is 6.42 Å². The molecule has 0 radical (unpaired) electrons. The number of halogens is 1. The van der Waals surface area contributed by atoms with Crippen molar-refractivity contribution >= 4 is 17.5 Å². The molecule has 5 heteroatoms. The maximum absolute atomic E-state index is 10.2. The first-order valence-corrected chi connectivity index (χ1v) is 3.25. The number of aliphatic hydroxyl groups excluding tert-OH is 1. The predicted molar refractivity (Wildman–Crippen MR) is 36.5 cm³/mol. The summed E-state index contributed by atoms with van der Waals surface area (Å²) in [5.41, 5.74) is 4.08. The largest absolute Gasteiger partial charge is 0.394 e. The minimum Gasteiger partial charge on any atom is -0.394 e. The Hall–Kier alpha value is -0.320. The van der Waals surface area contributed by atoms with E-state index in [-0.39, 0.29) is 19.6 Å². The third-order valence-corrected chi connectivity index (χ3v) is 1.03. The number of rotatable bonds is 5. The van der Waals surface area contributed by atoms with Crippen LogP contribution < -0.4 is 5.73 Å². The third kappa shape index (κ3) is 5.81. The summed E-state index contributed by atoms with van der Waals surface area (Å²) in [6.45, 7) is 0.0173. The van der Waals surface area contributed by atoms with Gasteiger partial charge in [0.1, 0.15) is 5.56 Å². The van der Waals surface area contributed by atoms with Crippen LogP contribution in [0, 0.1) is 0 Å². The molecule has 3 N–H and O–H groups in total. The van der Waals surface area contributed by atoms with Gasteiger partial charge >= 0.3 is 0 Å². The number of ether oxygens (including phenoxy) is 1. The summed E-state index contributed by atoms with van der Waals surface area (Å²) in [6, 6.07) is 0. The summed E-state index contributed by atoms with van der Waals surface area (Å²) in [5, 5.41) is 8.25. The Kier molecular flexibility index (Phi) is 5.29. The van der Waals surface area contributed by atoms with Crippen molar-refractivity contribution in [2.75, 3.05) is 13.2 Å². The highest BCUT2D eigenvalue weighted by molar-refractivity contribution is 6.20. The first-order valence-electron chi connectivity index (χ1n) is 2.81. The summed E-state index contributed by atoms with van der Waals surface area (Å²) in [7, 11) is 0. The van der Waals surface area contributed by atoms with E-state index in [1.54, 1.807) is 0 Å². The minimum absolute atomic E-state index is 0.0262. The summed E-state index contributed by atoms with van der Waals surface area (Å²) >= 11 is 5.42. The second-order valence-corrected chi connectivity index (χ2v) is 2.16. The van der Waals surface area contributed by atoms with Gasteiger partial charge in [-0.05, 0) is 0 Å². The van der Waals surface area contributed by atoms with E-state index in [0.717, 1.165) is 0 Å². The summed E-state index contributed by atoms with van der Waals surface area (Å²) in [5.74, 6) is -0.516. The zero-order valence-corrected chi connectivity index (χ0v) is 6.17. The molecule has 0 spiro atoms. The number of primary amides is 1. The number of hydrogen-bond donors (Lipinski definition) is 2. The lowest BCUT2D eigenvalue weighted by atomic mass is 10.4. The Morgan fingerprint density at radius 1 is 1.80 bits per heavy atom. The van der Waals surface area contributed by atoms with Gasteiger partial charge in [0.15, 0.2) is 0 Å². The second-order valence-electron chi connectivity index (χ2n) is 1.67. The van der Waals surface area contributed by atoms with Gasteiger partial charge in [0.05, 0.1) is 19.6 Å². The average Bonchev–Trinajstić information content (AvgIpc) is 1.82. The number of alkyl halides is 1. The first-order chi connectivity index (χ1) is 4.66. The van der Waals surface area contributed by atoms with Gasteiger partial charge in [-0.2, -0.15) is 0 Å². The fourth-order valence-electron chi connectivity index (χ4n) is 0.398. The number of hydrogen-bond acceptors (Lipinski definition) is 3. The molecule has 0 aliphatic heterocycles. The Labute approximate surface area is 63.9 Å². The van der Waals surface area contributed by atoms with Crippen LogP contribution in [0.2, 0.25) is 0 Å². The third-order valence-electron chi connectivity index (χ3n) is 0.752. The van der Waals surface area contributed by atoms with Crippen molar-refractivity contribution in [3.8, 4) is 0 Å². The van der Waals surface area contributed by atoms with Crippen LogP contribution in [0.3, 0.4) is 0 Å². The molecule has 1 unspecified atom stereocenters. The van der Waals surface area contributed by atoms with Gasteiger partial charge in [0.25, 0.3) is 0 Å². The lowest BCUT2D eigenvalue weighted by Gasteiger charge is -2.06. The van der Waals surface area contributed by atoms with Gasteiger partial charge in [-0.3, -0.25) is 4.79 Å². The van der Waals surface area contributed by atoms with Gasteiger partial charge in [-0.15, -0.1) is 0 Å². The predicted octanol–water partition coefficient (Wildman–Crippen LogP) is -0.564. The van der Waals surface area contributed by atoms with Crippen LogP contribution in [0.25, 0.3) is 0 Å². The van der Waals surface area contributed by atoms with Crippen LogP contribution >= 0.6 is 11.6 Å². The zero-order valence-electron chi connectivity index (χ0n) is 5.42. The van der Waals surface area contributed by atoms with Crippen molar-refractivity contribution in [3.05, 3.63) is 0 Å². The topological polar surface area (TPSA) is 72.6 Å². The SMILES string of the molecule is NC(=O)CC(Cl)OCCO. The van der Waals surface area contributed by atoms with Crippen LogP contribution in [-0.2, 0) is 9.53 Å². The lowest BCUT2D eigenvalue weighted by Crippen LogP contribution is -2.19. The average molecular weight is 168 g/mol. The quantitative estimate of drug-likeness (QED) is 0.539. The van der Waals surface area contributed by atoms with Crippen molar-refractivity contribution in [1.82, 2.24) is 0 Å². The van der Waals surface area contributed by atoms with Gasteiger partial charge in [0, 0.05) is 0 Å². The van der Waals surface area contributed by atoms with Gasteiger partial charge < -0.3 is 15.6 Å². The Morgan fingerprint density at radius 3 is 2.80 bits per heavy atom. The standard InChI is InChI=1S/C5H10ClNO3/c6-4(3-5(7)9)10-2-1-8/h4,8H,1-3H2,(H2,7,9). The fourth-order valence-corrected chi connectivity index (χ4v) is 0.639. The van der Waals surface area contributed by atoms with Crippen molar-refractivity contribution in [1.29, 1.82) is 0 Å². The molecule has 0 fully saturated rings. The highest BCUT2D eigenvalue weighted by Gasteiger charge is 2.06. The molecule has 0 rings (SSSR count). The first kappa shape index (κ1) is 9.68. The molecule has 0 aromatic heterocycles. The van der Waals surface area contributed by atoms with Crippen LogP contribution in [-0.4, -0.2) is 29.8 Å². The molecule has 0 bridgehead atoms. The van der Waals surface area contributed by atoms with E-state index in [9.17, 15) is 4.79 Å². The van der Waals surface area contributed by atoms with Gasteiger partial charge in [0.2, 0.25) is 5.91 Å². The highest BCUT2D eigenvalue weighted by Crippen LogP contribution is 2.01. The molecule has 1 amide bonds. The summed E-state index contributed by atoms with van der Waals surface area (Å²) < 4.78 is 4.72. The van der Waals surface area contributed by atoms with E-state index in [2.05, 4.69) is 0 Å². The molecule has 0 aromatic rings. The Bertz CT molecular complexity index is 109. The molecule has 10 heavy (non-hydrogen) atoms. The molecule has 0 heterocycles. The smallest absolute Gasteiger partial charge is 0.221 e. The molecular weight excluding hydrogens is 158 g/mol. The van der Waals surface area contributed by atoms with Crippen molar-refractivity contribution in [2.45, 2.75) is 12.0 Å². The molecule has 0 saturated heterocycles. The zero-order chi connectivity index (χ0) is 7.98. The molecule has 1 atom stereocenters. The summed E-state index contributed by atoms with van der Waals surface area (Å²) in [4.78, 5) is 10.2. The van der Waals surface area contributed by atoms with Crippen LogP contribution in [0.4, 0.5) is 0 Å². The fraction of sp³-hybridized carbons (Fsp3) is 0.800. The molecule has 0 aliphatic carbocycles. The van der Waals surface area contributed by atoms with Gasteiger partial charge in [-0.1, -0.05) is 11.6 Å². The normalized spacial score (nSPS) is 13.0. The van der Waals surface area contributed by atoms with Crippen LogP contribution in [0.15, 0.2) is 0 Å². The van der Waals surface area contributed by atoms with E-state index >= 15 is 0 Å². The second kappa shape index (κ2) is 5.46. The van der Waals surface area contributed by atoms with E-state index in [4.69, 9.17) is 27.2 Å². The number of amides is 1. The molecule has 0 aliphatic rings. The number of carbonyl (C=O) groups excluding carboxylic acids is 1. The minimum atomic E-state index is -0.718. The van der Waals surface area contributed by atoms with Crippen molar-refractivity contribution in [2.24, 2.45) is 5.73 Å². The van der Waals surface area contributed by atoms with E-state index in [0.29, 0.717) is 0 Å². The van der Waals surface area contributed by atoms with Crippen molar-refractivity contribution in [3.63, 3.8) is 0 Å². The lowest BCUT2D eigenvalue weighted by molar-refractivity contribution is -0.119. The molecular formula is C5H10ClNO3. The number of nitrogens with two attached hydrogens (primary N) is 1. The van der Waals surface area contributed by atoms with E-state index < -0.39 is 11.5 Å². The van der Waals surface area contributed by atoms with Crippen LogP contribution in [0.5, 0.6) is 0 Å². The number of carbonyl (C=O) groups is 1. The molecule has 0 aromatic carbocycles. The number of aliphatic hydroxyl groups is 1. The van der Waals surface area contributed by atoms with E-state index in [1.807, 2.05) is 0 Å². The Balaban J connectivity index is 3.25. The molecule has 60 valence electrons. The highest BCUT2D eigenvalue weighted by atomic mass is 35.5. The molecule has 0 saturated carbocycles. The molecule has 4 nitrogen and oxygen atoms in total. The van der Waals surface area contributed by atoms with Crippen molar-refractivity contribution < 1.29 is 14.6 Å². The monoisotopic (exact) mass is 167 g/mol. The maximum Gasteiger partial charge on any atom is 0.221 e. The Morgan fingerprint density at radius 2 is 2.40 bits per heavy atom. The van der Waals surface area contributed by atoms with Gasteiger partial charge in [-0.25, -0.2) is 0 Å². The summed E-state index contributed by atoms with van der Waals surface area (Å²) in [6.07, 6.45) is -0.0262.